The van der Waals surface area contributed by atoms with Gasteiger partial charge >= 0.3 is 5.97 Å². The highest BCUT2D eigenvalue weighted by atomic mass is 16.7. The summed E-state index contributed by atoms with van der Waals surface area (Å²) in [7, 11) is 0. The summed E-state index contributed by atoms with van der Waals surface area (Å²) in [6, 6.07) is 4.02. The van der Waals surface area contributed by atoms with E-state index in [1.165, 1.54) is 12.5 Å². The molecule has 2 N–H and O–H groups in total. The summed E-state index contributed by atoms with van der Waals surface area (Å²) in [6.45, 7) is 7.20. The van der Waals surface area contributed by atoms with Crippen molar-refractivity contribution in [1.82, 2.24) is 0 Å². The lowest BCUT2D eigenvalue weighted by atomic mass is 9.99. The number of benzene rings is 1. The Bertz CT molecular complexity index is 427. The molecule has 0 saturated heterocycles. The van der Waals surface area contributed by atoms with Crippen molar-refractivity contribution in [2.24, 2.45) is 10.9 Å². The first-order valence-electron chi connectivity index (χ1n) is 5.01. The van der Waals surface area contributed by atoms with E-state index in [0.717, 1.165) is 16.7 Å². The van der Waals surface area contributed by atoms with Crippen molar-refractivity contribution in [2.75, 3.05) is 0 Å². The second kappa shape index (κ2) is 4.79. The van der Waals surface area contributed by atoms with E-state index in [1.807, 2.05) is 32.9 Å². The number of oxime groups is 1. The normalized spacial score (nSPS) is 11.4. The highest BCUT2D eigenvalue weighted by Crippen LogP contribution is 2.15. The molecular weight excluding hydrogens is 204 g/mol. The molecule has 1 aromatic rings. The van der Waals surface area contributed by atoms with Gasteiger partial charge in [0.15, 0.2) is 5.84 Å². The first-order valence-corrected chi connectivity index (χ1v) is 5.01. The van der Waals surface area contributed by atoms with Gasteiger partial charge in [0.2, 0.25) is 0 Å². The topological polar surface area (TPSA) is 64.7 Å². The molecule has 0 unspecified atom stereocenters. The Hall–Kier alpha value is -1.84. The van der Waals surface area contributed by atoms with Crippen LogP contribution in [0.4, 0.5) is 0 Å². The summed E-state index contributed by atoms with van der Waals surface area (Å²) in [6.07, 6.45) is 0. The van der Waals surface area contributed by atoms with Gasteiger partial charge < -0.3 is 10.6 Å². The summed E-state index contributed by atoms with van der Waals surface area (Å²) in [5, 5.41) is 3.59. The predicted molar refractivity (Wildman–Crippen MR) is 63.1 cm³/mol. The second-order valence-corrected chi connectivity index (χ2v) is 3.83. The number of amidine groups is 1. The average Bonchev–Trinajstić information content (AvgIpc) is 2.12. The van der Waals surface area contributed by atoms with Gasteiger partial charge in [-0.15, -0.1) is 0 Å². The maximum absolute atomic E-state index is 10.6. The van der Waals surface area contributed by atoms with Crippen LogP contribution >= 0.6 is 0 Å². The van der Waals surface area contributed by atoms with Crippen LogP contribution in [0.1, 0.15) is 29.2 Å². The van der Waals surface area contributed by atoms with Crippen LogP contribution in [-0.4, -0.2) is 11.8 Å². The van der Waals surface area contributed by atoms with Crippen molar-refractivity contribution in [3.63, 3.8) is 0 Å². The zero-order valence-electron chi connectivity index (χ0n) is 10.00. The van der Waals surface area contributed by atoms with Crippen molar-refractivity contribution >= 4 is 11.8 Å². The minimum Gasteiger partial charge on any atom is -0.380 e. The van der Waals surface area contributed by atoms with Gasteiger partial charge in [-0.1, -0.05) is 22.9 Å². The van der Waals surface area contributed by atoms with Crippen LogP contribution in [0.2, 0.25) is 0 Å². The van der Waals surface area contributed by atoms with Crippen LogP contribution < -0.4 is 5.73 Å². The van der Waals surface area contributed by atoms with Gasteiger partial charge in [-0.2, -0.15) is 0 Å². The lowest BCUT2D eigenvalue weighted by Gasteiger charge is -2.09. The first kappa shape index (κ1) is 12.2. The van der Waals surface area contributed by atoms with Crippen LogP contribution in [0.5, 0.6) is 0 Å². The Kier molecular flexibility index (Phi) is 3.66. The van der Waals surface area contributed by atoms with Gasteiger partial charge in [-0.05, 0) is 31.9 Å². The van der Waals surface area contributed by atoms with Gasteiger partial charge in [0.1, 0.15) is 0 Å². The summed E-state index contributed by atoms with van der Waals surface area (Å²) in [5.41, 5.74) is 9.80. The van der Waals surface area contributed by atoms with Gasteiger partial charge in [-0.25, -0.2) is 4.79 Å². The van der Waals surface area contributed by atoms with Crippen LogP contribution in [0.3, 0.4) is 0 Å². The number of rotatable bonds is 2. The number of hydrogen-bond donors (Lipinski definition) is 1. The molecule has 0 aromatic heterocycles. The minimum atomic E-state index is -0.481. The second-order valence-electron chi connectivity index (χ2n) is 3.83. The van der Waals surface area contributed by atoms with Gasteiger partial charge in [0.05, 0.1) is 0 Å². The van der Waals surface area contributed by atoms with Crippen molar-refractivity contribution in [3.05, 3.63) is 34.4 Å². The number of nitrogens with zero attached hydrogens (tertiary/aromatic N) is 1. The van der Waals surface area contributed by atoms with E-state index in [2.05, 4.69) is 9.99 Å². The fourth-order valence-electron chi connectivity index (χ4n) is 1.74. The molecule has 0 aliphatic rings. The lowest BCUT2D eigenvalue weighted by Crippen LogP contribution is -2.17. The standard InChI is InChI=1S/C12H16N2O2/c1-7-5-8(2)11(9(3)6-7)12(13)14-16-10(4)15/h5-6H,1-4H3,(H2,13,14). The summed E-state index contributed by atoms with van der Waals surface area (Å²) < 4.78 is 0. The summed E-state index contributed by atoms with van der Waals surface area (Å²) >= 11 is 0. The lowest BCUT2D eigenvalue weighted by molar-refractivity contribution is -0.140. The van der Waals surface area contributed by atoms with Crippen molar-refractivity contribution in [1.29, 1.82) is 0 Å². The monoisotopic (exact) mass is 220 g/mol. The average molecular weight is 220 g/mol. The largest absolute Gasteiger partial charge is 0.380 e. The zero-order chi connectivity index (χ0) is 12.3. The molecule has 1 aromatic carbocycles. The maximum Gasteiger partial charge on any atom is 0.332 e. The highest BCUT2D eigenvalue weighted by Gasteiger charge is 2.08. The Morgan fingerprint density at radius 3 is 2.19 bits per heavy atom. The quantitative estimate of drug-likeness (QED) is 0.357. The van der Waals surface area contributed by atoms with Gasteiger partial charge in [0, 0.05) is 12.5 Å². The predicted octanol–water partition coefficient (Wildman–Crippen LogP) is 1.80. The minimum absolute atomic E-state index is 0.227. The number of carbonyl (C=O) groups is 1. The fourth-order valence-corrected chi connectivity index (χ4v) is 1.74. The zero-order valence-corrected chi connectivity index (χ0v) is 10.00. The molecule has 4 heteroatoms. The van der Waals surface area contributed by atoms with Crippen molar-refractivity contribution in [2.45, 2.75) is 27.7 Å². The molecule has 0 bridgehead atoms. The first-order chi connectivity index (χ1) is 7.41. The van der Waals surface area contributed by atoms with Crippen molar-refractivity contribution in [3.8, 4) is 0 Å². The van der Waals surface area contributed by atoms with Crippen LogP contribution in [0.15, 0.2) is 17.3 Å². The molecular formula is C12H16N2O2. The molecule has 16 heavy (non-hydrogen) atoms. The van der Waals surface area contributed by atoms with Crippen LogP contribution in [0, 0.1) is 20.8 Å². The highest BCUT2D eigenvalue weighted by molar-refractivity contribution is 6.00. The summed E-state index contributed by atoms with van der Waals surface area (Å²) in [4.78, 5) is 15.1. The Morgan fingerprint density at radius 2 is 1.75 bits per heavy atom. The van der Waals surface area contributed by atoms with Crippen molar-refractivity contribution < 1.29 is 9.63 Å². The number of aryl methyl sites for hydroxylation is 3. The molecule has 0 atom stereocenters. The molecule has 0 fully saturated rings. The molecule has 4 nitrogen and oxygen atoms in total. The molecule has 0 radical (unpaired) electrons. The molecule has 1 rings (SSSR count). The van der Waals surface area contributed by atoms with E-state index in [9.17, 15) is 4.79 Å². The van der Waals surface area contributed by atoms with Gasteiger partial charge in [-0.3, -0.25) is 0 Å². The molecule has 86 valence electrons. The van der Waals surface area contributed by atoms with Gasteiger partial charge in [0.25, 0.3) is 0 Å². The van der Waals surface area contributed by atoms with E-state index in [0.29, 0.717) is 0 Å². The van der Waals surface area contributed by atoms with E-state index in [-0.39, 0.29) is 5.84 Å². The fraction of sp³-hybridized carbons (Fsp3) is 0.333. The van der Waals surface area contributed by atoms with E-state index in [4.69, 9.17) is 5.73 Å². The molecule has 0 aliphatic heterocycles. The third-order valence-electron chi connectivity index (χ3n) is 2.21. The Labute approximate surface area is 95.1 Å². The van der Waals surface area contributed by atoms with E-state index < -0.39 is 5.97 Å². The molecule has 0 spiro atoms. The van der Waals surface area contributed by atoms with E-state index >= 15 is 0 Å². The Balaban J connectivity index is 3.13. The third kappa shape index (κ3) is 2.82. The maximum atomic E-state index is 10.6. The SMILES string of the molecule is CC(=O)O/N=C(\N)c1c(C)cc(C)cc1C. The number of hydrogen-bond acceptors (Lipinski definition) is 3. The van der Waals surface area contributed by atoms with Crippen LogP contribution in [-0.2, 0) is 9.63 Å². The molecule has 0 amide bonds. The molecule has 0 aliphatic carbocycles. The van der Waals surface area contributed by atoms with E-state index in [1.54, 1.807) is 0 Å². The summed E-state index contributed by atoms with van der Waals surface area (Å²) in [5.74, 6) is -0.254. The Morgan fingerprint density at radius 1 is 1.25 bits per heavy atom. The van der Waals surface area contributed by atoms with Crippen LogP contribution in [0.25, 0.3) is 0 Å². The molecule has 0 saturated carbocycles. The third-order valence-corrected chi connectivity index (χ3v) is 2.21. The smallest absolute Gasteiger partial charge is 0.332 e. The molecule has 0 heterocycles. The number of carbonyl (C=O) groups excluding carboxylic acids is 1. The number of nitrogens with two attached hydrogens (primary N) is 1.